The van der Waals surface area contributed by atoms with Gasteiger partial charge in [-0.15, -0.1) is 0 Å². The first-order valence-corrected chi connectivity index (χ1v) is 7.94. The molecule has 0 radical (unpaired) electrons. The molecule has 1 saturated heterocycles. The number of carbonyl (C=O) groups excluding carboxylic acids is 1. The molecule has 0 atom stereocenters. The second kappa shape index (κ2) is 6.14. The van der Waals surface area contributed by atoms with Crippen LogP contribution in [-0.4, -0.2) is 11.0 Å². The van der Waals surface area contributed by atoms with Crippen molar-refractivity contribution < 1.29 is 4.79 Å². The van der Waals surface area contributed by atoms with Crippen LogP contribution >= 0.6 is 23.8 Å². The zero-order chi connectivity index (χ0) is 16.6. The van der Waals surface area contributed by atoms with Gasteiger partial charge in [-0.25, -0.2) is 0 Å². The third-order valence-electron chi connectivity index (χ3n) is 3.67. The summed E-state index contributed by atoms with van der Waals surface area (Å²) in [5.74, 6) is -0.166. The molecule has 1 aliphatic rings. The van der Waals surface area contributed by atoms with Gasteiger partial charge >= 0.3 is 0 Å². The van der Waals surface area contributed by atoms with Crippen LogP contribution in [0.2, 0.25) is 5.02 Å². The Balaban J connectivity index is 1.95. The molecule has 0 aromatic heterocycles. The Bertz CT molecular complexity index is 827. The number of hydrogen-bond donors (Lipinski definition) is 1. The van der Waals surface area contributed by atoms with E-state index in [0.717, 1.165) is 16.8 Å². The summed E-state index contributed by atoms with van der Waals surface area (Å²) >= 11 is 11.3. The molecule has 2 aromatic carbocycles. The molecule has 0 spiro atoms. The molecule has 0 aliphatic carbocycles. The predicted molar refractivity (Wildman–Crippen MR) is 98.6 cm³/mol. The van der Waals surface area contributed by atoms with E-state index in [1.54, 1.807) is 18.2 Å². The number of aryl methyl sites for hydroxylation is 2. The van der Waals surface area contributed by atoms with Crippen LogP contribution in [0.3, 0.4) is 0 Å². The number of benzene rings is 2. The van der Waals surface area contributed by atoms with Crippen LogP contribution in [-0.2, 0) is 4.79 Å². The molecule has 1 N–H and O–H groups in total. The van der Waals surface area contributed by atoms with Gasteiger partial charge in [0, 0.05) is 5.02 Å². The highest BCUT2D eigenvalue weighted by Crippen LogP contribution is 2.28. The van der Waals surface area contributed by atoms with Crippen molar-refractivity contribution in [2.24, 2.45) is 0 Å². The fraction of sp³-hybridized carbons (Fsp3) is 0.111. The highest BCUT2D eigenvalue weighted by atomic mass is 35.5. The van der Waals surface area contributed by atoms with Crippen molar-refractivity contribution >= 4 is 46.6 Å². The first kappa shape index (κ1) is 15.7. The summed E-state index contributed by atoms with van der Waals surface area (Å²) in [4.78, 5) is 14.2. The van der Waals surface area contributed by atoms with E-state index in [-0.39, 0.29) is 5.91 Å². The minimum absolute atomic E-state index is 0.166. The molecule has 3 rings (SSSR count). The Hall–Kier alpha value is -2.17. The zero-order valence-corrected chi connectivity index (χ0v) is 14.3. The third kappa shape index (κ3) is 3.14. The van der Waals surface area contributed by atoms with Crippen LogP contribution in [0, 0.1) is 13.8 Å². The number of amides is 1. The molecular weight excluding hydrogens is 328 g/mol. The van der Waals surface area contributed by atoms with Gasteiger partial charge in [-0.05, 0) is 61.5 Å². The van der Waals surface area contributed by atoms with Crippen LogP contribution in [0.5, 0.6) is 0 Å². The monoisotopic (exact) mass is 342 g/mol. The fourth-order valence-electron chi connectivity index (χ4n) is 2.45. The molecule has 116 valence electrons. The summed E-state index contributed by atoms with van der Waals surface area (Å²) < 4.78 is 0. The number of anilines is 1. The molecule has 1 amide bonds. The molecule has 1 heterocycles. The van der Waals surface area contributed by atoms with Crippen LogP contribution in [0.15, 0.2) is 48.2 Å². The van der Waals surface area contributed by atoms with E-state index in [9.17, 15) is 4.79 Å². The van der Waals surface area contributed by atoms with E-state index < -0.39 is 0 Å². The first-order valence-electron chi connectivity index (χ1n) is 7.15. The summed E-state index contributed by atoms with van der Waals surface area (Å²) in [6, 6.07) is 13.3. The van der Waals surface area contributed by atoms with Crippen LogP contribution < -0.4 is 10.2 Å². The molecule has 2 aromatic rings. The van der Waals surface area contributed by atoms with Crippen LogP contribution in [0.1, 0.15) is 16.7 Å². The van der Waals surface area contributed by atoms with Crippen LogP contribution in [0.4, 0.5) is 5.69 Å². The number of rotatable bonds is 2. The van der Waals surface area contributed by atoms with Crippen molar-refractivity contribution in [2.45, 2.75) is 13.8 Å². The number of nitrogens with one attached hydrogen (secondary N) is 1. The van der Waals surface area contributed by atoms with Gasteiger partial charge in [-0.3, -0.25) is 9.69 Å². The van der Waals surface area contributed by atoms with Crippen LogP contribution in [0.25, 0.3) is 6.08 Å². The van der Waals surface area contributed by atoms with Crippen molar-refractivity contribution in [2.75, 3.05) is 4.90 Å². The standard InChI is InChI=1S/C18H15ClN2OS/c1-11-3-5-13(6-4-11)10-15-17(22)21(18(23)20-15)16-8-7-14(19)9-12(16)2/h3-10H,1-2H3,(H,20,23)/b15-10-. The second-order valence-electron chi connectivity index (χ2n) is 5.47. The SMILES string of the molecule is Cc1ccc(/C=C2\NC(=S)N(c3ccc(Cl)cc3C)C2=O)cc1. The summed E-state index contributed by atoms with van der Waals surface area (Å²) in [7, 11) is 0. The van der Waals surface area contributed by atoms with Gasteiger partial charge in [0.15, 0.2) is 5.11 Å². The fourth-order valence-corrected chi connectivity index (χ4v) is 2.97. The first-order chi connectivity index (χ1) is 11.0. The van der Waals surface area contributed by atoms with E-state index >= 15 is 0 Å². The molecule has 5 heteroatoms. The van der Waals surface area contributed by atoms with E-state index in [0.29, 0.717) is 15.8 Å². The normalized spacial score (nSPS) is 16.1. The van der Waals surface area contributed by atoms with Gasteiger partial charge in [0.05, 0.1) is 5.69 Å². The predicted octanol–water partition coefficient (Wildman–Crippen LogP) is 4.22. The minimum atomic E-state index is -0.166. The second-order valence-corrected chi connectivity index (χ2v) is 6.29. The maximum absolute atomic E-state index is 12.7. The zero-order valence-electron chi connectivity index (χ0n) is 12.8. The maximum atomic E-state index is 12.7. The lowest BCUT2D eigenvalue weighted by Gasteiger charge is -2.16. The Labute approximate surface area is 145 Å². The Morgan fingerprint density at radius 1 is 1.13 bits per heavy atom. The van der Waals surface area contributed by atoms with E-state index in [1.807, 2.05) is 44.2 Å². The largest absolute Gasteiger partial charge is 0.327 e. The van der Waals surface area contributed by atoms with Gasteiger partial charge < -0.3 is 5.32 Å². The van der Waals surface area contributed by atoms with Crippen molar-refractivity contribution in [3.05, 3.63) is 69.9 Å². The summed E-state index contributed by atoms with van der Waals surface area (Å²) in [6.07, 6.45) is 1.80. The van der Waals surface area contributed by atoms with Gasteiger partial charge in [-0.2, -0.15) is 0 Å². The average molecular weight is 343 g/mol. The quantitative estimate of drug-likeness (QED) is 0.655. The maximum Gasteiger partial charge on any atom is 0.281 e. The lowest BCUT2D eigenvalue weighted by molar-refractivity contribution is -0.113. The molecule has 23 heavy (non-hydrogen) atoms. The topological polar surface area (TPSA) is 32.3 Å². The number of hydrogen-bond acceptors (Lipinski definition) is 2. The van der Waals surface area contributed by atoms with Crippen molar-refractivity contribution in [3.8, 4) is 0 Å². The molecular formula is C18H15ClN2OS. The summed E-state index contributed by atoms with van der Waals surface area (Å²) in [6.45, 7) is 3.93. The Kier molecular flexibility index (Phi) is 4.20. The molecule has 1 aliphatic heterocycles. The summed E-state index contributed by atoms with van der Waals surface area (Å²) in [5, 5.41) is 4.00. The van der Waals surface area contributed by atoms with Gasteiger partial charge in [-0.1, -0.05) is 41.4 Å². The average Bonchev–Trinajstić information content (AvgIpc) is 2.77. The van der Waals surface area contributed by atoms with E-state index in [2.05, 4.69) is 5.32 Å². The van der Waals surface area contributed by atoms with Crippen molar-refractivity contribution in [1.29, 1.82) is 0 Å². The number of thiocarbonyl (C=S) groups is 1. The number of nitrogens with zero attached hydrogens (tertiary/aromatic N) is 1. The Morgan fingerprint density at radius 3 is 2.48 bits per heavy atom. The Morgan fingerprint density at radius 2 is 1.83 bits per heavy atom. The number of carbonyl (C=O) groups is 1. The molecule has 0 bridgehead atoms. The molecule has 1 fully saturated rings. The third-order valence-corrected chi connectivity index (χ3v) is 4.19. The lowest BCUT2D eigenvalue weighted by Crippen LogP contribution is -2.30. The van der Waals surface area contributed by atoms with Gasteiger partial charge in [0.2, 0.25) is 0 Å². The molecule has 0 unspecified atom stereocenters. The smallest absolute Gasteiger partial charge is 0.281 e. The van der Waals surface area contributed by atoms with Crippen molar-refractivity contribution in [3.63, 3.8) is 0 Å². The highest BCUT2D eigenvalue weighted by Gasteiger charge is 2.32. The van der Waals surface area contributed by atoms with E-state index in [4.69, 9.17) is 23.8 Å². The minimum Gasteiger partial charge on any atom is -0.327 e. The highest BCUT2D eigenvalue weighted by molar-refractivity contribution is 7.80. The molecule has 3 nitrogen and oxygen atoms in total. The number of halogens is 1. The van der Waals surface area contributed by atoms with Gasteiger partial charge in [0.1, 0.15) is 5.70 Å². The van der Waals surface area contributed by atoms with Gasteiger partial charge in [0.25, 0.3) is 5.91 Å². The summed E-state index contributed by atoms with van der Waals surface area (Å²) in [5.41, 5.74) is 4.22. The lowest BCUT2D eigenvalue weighted by atomic mass is 10.1. The van der Waals surface area contributed by atoms with E-state index in [1.165, 1.54) is 10.5 Å². The van der Waals surface area contributed by atoms with Crippen molar-refractivity contribution in [1.82, 2.24) is 5.32 Å². The molecule has 0 saturated carbocycles.